The molecule has 17 heteroatoms. The standard InChI is InChI=1S/C10H11F3O4.C10H14O4.C8H8F2O4/c1-2-3-6-16-8(14)9(15)17-7-4-5-10(11,12)13;1-3-5-7-13-9(11)10(12)14-8-6-4-2;1-5(9)3-13-7(11)8(12)14-4-6(2)10/h2-5H,6-7H2,1H3;3-6H,7-8H2,1-2H3;1-4H2. The van der Waals surface area contributed by atoms with Crippen LogP contribution in [0.5, 0.6) is 0 Å². The van der Waals surface area contributed by atoms with Crippen LogP contribution < -0.4 is 0 Å². The molecule has 45 heavy (non-hydrogen) atoms. The quantitative estimate of drug-likeness (QED) is 0.0978. The minimum Gasteiger partial charge on any atom is -0.453 e. The van der Waals surface area contributed by atoms with Gasteiger partial charge in [0.15, 0.2) is 0 Å². The first-order valence-corrected chi connectivity index (χ1v) is 12.3. The van der Waals surface area contributed by atoms with Gasteiger partial charge in [-0.15, -0.1) is 0 Å². The second-order valence-electron chi connectivity index (χ2n) is 7.23. The Morgan fingerprint density at radius 3 is 0.978 bits per heavy atom. The number of carbonyl (C=O) groups excluding carboxylic acids is 6. The smallest absolute Gasteiger partial charge is 0.417 e. The highest BCUT2D eigenvalue weighted by Crippen LogP contribution is 2.15. The lowest BCUT2D eigenvalue weighted by Gasteiger charge is -2.02. The van der Waals surface area contributed by atoms with Gasteiger partial charge in [0, 0.05) is 6.08 Å². The molecule has 0 saturated carbocycles. The molecule has 0 aromatic rings. The molecule has 0 aromatic heterocycles. The summed E-state index contributed by atoms with van der Waals surface area (Å²) >= 11 is 0. The third-order valence-electron chi connectivity index (χ3n) is 3.48. The topological polar surface area (TPSA) is 158 Å². The molecule has 0 aliphatic heterocycles. The van der Waals surface area contributed by atoms with Crippen molar-refractivity contribution in [3.05, 3.63) is 73.4 Å². The molecule has 0 saturated heterocycles. The Morgan fingerprint density at radius 2 is 0.756 bits per heavy atom. The van der Waals surface area contributed by atoms with Crippen molar-refractivity contribution in [2.75, 3.05) is 39.6 Å². The van der Waals surface area contributed by atoms with Crippen molar-refractivity contribution in [1.29, 1.82) is 0 Å². The fourth-order valence-electron chi connectivity index (χ4n) is 1.61. The fraction of sp³-hybridized carbons (Fsp3) is 0.357. The second kappa shape index (κ2) is 27.7. The van der Waals surface area contributed by atoms with Crippen LogP contribution in [0, 0.1) is 0 Å². The van der Waals surface area contributed by atoms with Crippen LogP contribution in [0.25, 0.3) is 0 Å². The summed E-state index contributed by atoms with van der Waals surface area (Å²) in [7, 11) is 0. The maximum atomic E-state index is 11.9. The summed E-state index contributed by atoms with van der Waals surface area (Å²) in [4.78, 5) is 64.6. The highest BCUT2D eigenvalue weighted by molar-refractivity contribution is 6.30. The maximum Gasteiger partial charge on any atom is 0.417 e. The van der Waals surface area contributed by atoms with Gasteiger partial charge in [-0.05, 0) is 26.8 Å². The molecule has 0 radical (unpaired) electrons. The van der Waals surface area contributed by atoms with Crippen molar-refractivity contribution in [1.82, 2.24) is 0 Å². The Hall–Kier alpha value is -5.09. The van der Waals surface area contributed by atoms with E-state index in [-0.39, 0.29) is 25.9 Å². The SMILES string of the molecule is C=C(F)COC(=O)C(=O)OCC(=C)F.CC=CCOC(=O)C(=O)OCC=CC.CC=CCOC(=O)C(=O)OCC=CC(F)(F)F. The van der Waals surface area contributed by atoms with Crippen molar-refractivity contribution in [2.24, 2.45) is 0 Å². The van der Waals surface area contributed by atoms with E-state index in [9.17, 15) is 50.7 Å². The third kappa shape index (κ3) is 33.3. The van der Waals surface area contributed by atoms with Gasteiger partial charge in [0.1, 0.15) is 51.3 Å². The molecular weight excluding hydrogens is 623 g/mol. The van der Waals surface area contributed by atoms with E-state index < -0.39 is 73.5 Å². The molecule has 0 N–H and O–H groups in total. The molecule has 0 rings (SSSR count). The highest BCUT2D eigenvalue weighted by atomic mass is 19.4. The zero-order valence-corrected chi connectivity index (χ0v) is 24.6. The van der Waals surface area contributed by atoms with Crippen molar-refractivity contribution >= 4 is 35.8 Å². The van der Waals surface area contributed by atoms with Crippen molar-refractivity contribution in [3.63, 3.8) is 0 Å². The number of hydrogen-bond donors (Lipinski definition) is 0. The van der Waals surface area contributed by atoms with Crippen molar-refractivity contribution < 1.29 is 79.1 Å². The molecule has 0 spiro atoms. The second-order valence-corrected chi connectivity index (χ2v) is 7.23. The van der Waals surface area contributed by atoms with Crippen molar-refractivity contribution in [3.8, 4) is 0 Å². The summed E-state index contributed by atoms with van der Waals surface area (Å²) in [5.41, 5.74) is 0. The molecule has 0 heterocycles. The van der Waals surface area contributed by atoms with Gasteiger partial charge in [-0.25, -0.2) is 37.5 Å². The Kier molecular flexibility index (Phi) is 27.3. The molecule has 12 nitrogen and oxygen atoms in total. The summed E-state index contributed by atoms with van der Waals surface area (Å²) in [6.45, 7) is 8.83. The van der Waals surface area contributed by atoms with Crippen molar-refractivity contribution in [2.45, 2.75) is 26.9 Å². The highest BCUT2D eigenvalue weighted by Gasteiger charge is 2.22. The average Bonchev–Trinajstić information content (AvgIpc) is 2.97. The zero-order valence-electron chi connectivity index (χ0n) is 24.6. The zero-order chi connectivity index (χ0) is 35.3. The van der Waals surface area contributed by atoms with E-state index in [4.69, 9.17) is 0 Å². The van der Waals surface area contributed by atoms with Gasteiger partial charge >= 0.3 is 42.0 Å². The van der Waals surface area contributed by atoms with E-state index in [1.54, 1.807) is 51.2 Å². The summed E-state index contributed by atoms with van der Waals surface area (Å²) in [6, 6.07) is 0. The predicted octanol–water partition coefficient (Wildman–Crippen LogP) is 4.03. The van der Waals surface area contributed by atoms with E-state index in [2.05, 4.69) is 41.6 Å². The van der Waals surface area contributed by atoms with Crippen LogP contribution in [0.15, 0.2) is 73.4 Å². The van der Waals surface area contributed by atoms with Crippen LogP contribution in [-0.2, 0) is 57.2 Å². The fourth-order valence-corrected chi connectivity index (χ4v) is 1.61. The van der Waals surface area contributed by atoms with Crippen LogP contribution in [0.1, 0.15) is 20.8 Å². The molecule has 0 aromatic carbocycles. The van der Waals surface area contributed by atoms with E-state index in [0.29, 0.717) is 6.08 Å². The Balaban J connectivity index is -0.000000592. The summed E-state index contributed by atoms with van der Waals surface area (Å²) < 4.78 is 84.6. The molecule has 0 aliphatic rings. The summed E-state index contributed by atoms with van der Waals surface area (Å²) in [5.74, 6) is -9.16. The first-order valence-electron chi connectivity index (χ1n) is 12.3. The van der Waals surface area contributed by atoms with Gasteiger partial charge in [0.2, 0.25) is 0 Å². The number of esters is 6. The largest absolute Gasteiger partial charge is 0.453 e. The van der Waals surface area contributed by atoms with Gasteiger partial charge in [0.05, 0.1) is 0 Å². The van der Waals surface area contributed by atoms with Gasteiger partial charge in [-0.2, -0.15) is 13.2 Å². The lowest BCUT2D eigenvalue weighted by Crippen LogP contribution is -2.21. The molecule has 0 amide bonds. The van der Waals surface area contributed by atoms with E-state index in [0.717, 1.165) is 0 Å². The van der Waals surface area contributed by atoms with Gasteiger partial charge < -0.3 is 28.4 Å². The molecule has 252 valence electrons. The number of carbonyl (C=O) groups is 6. The van der Waals surface area contributed by atoms with Crippen LogP contribution >= 0.6 is 0 Å². The van der Waals surface area contributed by atoms with Crippen LogP contribution in [-0.4, -0.2) is 81.6 Å². The van der Waals surface area contributed by atoms with Crippen LogP contribution in [0.4, 0.5) is 22.0 Å². The van der Waals surface area contributed by atoms with Gasteiger partial charge in [0.25, 0.3) is 0 Å². The van der Waals surface area contributed by atoms with Crippen LogP contribution in [0.2, 0.25) is 0 Å². The average molecular weight is 657 g/mol. The lowest BCUT2D eigenvalue weighted by atomic mass is 10.5. The minimum atomic E-state index is -4.47. The first kappa shape index (κ1) is 44.4. The Labute approximate surface area is 255 Å². The number of hydrogen-bond acceptors (Lipinski definition) is 12. The summed E-state index contributed by atoms with van der Waals surface area (Å²) in [5, 5.41) is 0. The maximum absolute atomic E-state index is 11.9. The normalized spacial score (nSPS) is 10.7. The Morgan fingerprint density at radius 1 is 0.511 bits per heavy atom. The Bertz CT molecular complexity index is 1050. The number of rotatable bonds is 12. The van der Waals surface area contributed by atoms with E-state index >= 15 is 0 Å². The predicted molar refractivity (Wildman–Crippen MR) is 146 cm³/mol. The number of ether oxygens (including phenoxy) is 6. The molecule has 0 aliphatic carbocycles. The van der Waals surface area contributed by atoms with E-state index in [1.807, 2.05) is 0 Å². The molecule has 0 fully saturated rings. The van der Waals surface area contributed by atoms with Gasteiger partial charge in [-0.1, -0.05) is 49.6 Å². The van der Waals surface area contributed by atoms with Crippen LogP contribution in [0.3, 0.4) is 0 Å². The van der Waals surface area contributed by atoms with E-state index in [1.165, 1.54) is 6.08 Å². The minimum absolute atomic E-state index is 0.0913. The first-order chi connectivity index (χ1) is 21.0. The molecule has 0 unspecified atom stereocenters. The van der Waals surface area contributed by atoms with Gasteiger partial charge in [-0.3, -0.25) is 0 Å². The molecule has 0 bridgehead atoms. The number of halogens is 5. The third-order valence-corrected chi connectivity index (χ3v) is 3.48. The number of allylic oxidation sites excluding steroid dienone is 4. The monoisotopic (exact) mass is 656 g/mol. The molecule has 0 atom stereocenters. The molecular formula is C28H33F5O12. The lowest BCUT2D eigenvalue weighted by molar-refractivity contribution is -0.166. The number of alkyl halides is 3. The summed E-state index contributed by atoms with van der Waals surface area (Å²) in [6.07, 6.45) is 5.78.